The van der Waals surface area contributed by atoms with Gasteiger partial charge in [-0.05, 0) is 25.5 Å². The number of halogens is 1. The summed E-state index contributed by atoms with van der Waals surface area (Å²) in [6, 6.07) is 7.98. The Hall–Kier alpha value is -0.570. The monoisotopic (exact) mass is 213 g/mol. The normalized spacial score (nSPS) is 15.1. The van der Waals surface area contributed by atoms with E-state index in [0.29, 0.717) is 0 Å². The lowest BCUT2D eigenvalue weighted by Gasteiger charge is -2.19. The zero-order valence-corrected chi connectivity index (χ0v) is 9.25. The first kappa shape index (κ1) is 11.5. The van der Waals surface area contributed by atoms with Crippen molar-refractivity contribution < 1.29 is 5.11 Å². The quantitative estimate of drug-likeness (QED) is 0.805. The highest BCUT2D eigenvalue weighted by Crippen LogP contribution is 2.22. The van der Waals surface area contributed by atoms with Crippen molar-refractivity contribution in [2.45, 2.75) is 25.9 Å². The molecular weight excluding hydrogens is 198 g/mol. The Kier molecular flexibility index (Phi) is 4.39. The molecule has 2 nitrogen and oxygen atoms in total. The van der Waals surface area contributed by atoms with Crippen molar-refractivity contribution in [2.24, 2.45) is 0 Å². The van der Waals surface area contributed by atoms with E-state index >= 15 is 0 Å². The molecular formula is C11H16ClNO. The predicted octanol–water partition coefficient (Wildman–Crippen LogP) is 2.37. The zero-order chi connectivity index (χ0) is 10.6. The largest absolute Gasteiger partial charge is 0.395 e. The van der Waals surface area contributed by atoms with Gasteiger partial charge in [-0.3, -0.25) is 0 Å². The molecule has 2 N–H and O–H groups in total. The summed E-state index contributed by atoms with van der Waals surface area (Å²) in [5, 5.41) is 12.9. The number of aliphatic hydroxyl groups is 1. The van der Waals surface area contributed by atoms with Gasteiger partial charge in [-0.15, -0.1) is 0 Å². The van der Waals surface area contributed by atoms with Gasteiger partial charge >= 0.3 is 0 Å². The first-order valence-corrected chi connectivity index (χ1v) is 5.14. The Morgan fingerprint density at radius 3 is 2.57 bits per heavy atom. The van der Waals surface area contributed by atoms with Crippen molar-refractivity contribution in [1.82, 2.24) is 5.32 Å². The van der Waals surface area contributed by atoms with Crippen LogP contribution in [0.2, 0.25) is 5.02 Å². The third kappa shape index (κ3) is 2.98. The minimum atomic E-state index is 0.0845. The van der Waals surface area contributed by atoms with E-state index in [0.717, 1.165) is 10.6 Å². The fraction of sp³-hybridized carbons (Fsp3) is 0.455. The fourth-order valence-corrected chi connectivity index (χ4v) is 1.69. The molecule has 1 aromatic rings. The Morgan fingerprint density at radius 1 is 1.36 bits per heavy atom. The molecule has 2 atom stereocenters. The van der Waals surface area contributed by atoms with Gasteiger partial charge in [0.1, 0.15) is 0 Å². The summed E-state index contributed by atoms with van der Waals surface area (Å²) < 4.78 is 0. The second-order valence-corrected chi connectivity index (χ2v) is 3.90. The number of rotatable bonds is 4. The van der Waals surface area contributed by atoms with E-state index in [9.17, 15) is 0 Å². The molecule has 0 bridgehead atoms. The van der Waals surface area contributed by atoms with Crippen LogP contribution in [0.4, 0.5) is 0 Å². The van der Waals surface area contributed by atoms with E-state index in [-0.39, 0.29) is 18.7 Å². The summed E-state index contributed by atoms with van der Waals surface area (Å²) >= 11 is 6.04. The van der Waals surface area contributed by atoms with Crippen molar-refractivity contribution in [3.8, 4) is 0 Å². The third-order valence-electron chi connectivity index (χ3n) is 2.18. The molecule has 0 saturated heterocycles. The van der Waals surface area contributed by atoms with Crippen LogP contribution in [-0.4, -0.2) is 17.8 Å². The summed E-state index contributed by atoms with van der Waals surface area (Å²) in [5.74, 6) is 0. The van der Waals surface area contributed by atoms with Crippen LogP contribution < -0.4 is 5.32 Å². The molecule has 3 heteroatoms. The molecule has 0 amide bonds. The van der Waals surface area contributed by atoms with Crippen LogP contribution in [0.5, 0.6) is 0 Å². The average Bonchev–Trinajstić information content (AvgIpc) is 2.18. The summed E-state index contributed by atoms with van der Waals surface area (Å²) in [6.45, 7) is 4.11. The highest BCUT2D eigenvalue weighted by atomic mass is 35.5. The number of nitrogens with one attached hydrogen (secondary N) is 1. The standard InChI is InChI=1S/C11H16ClNO/c1-8(7-14)13-9(2)10-5-3-4-6-11(10)12/h3-6,8-9,13-14H,7H2,1-2H3/t8-,9-/m0/s1. The molecule has 0 aliphatic carbocycles. The SMILES string of the molecule is C[C@H](N[C@@H](C)CO)c1ccccc1Cl. The molecule has 1 aromatic carbocycles. The smallest absolute Gasteiger partial charge is 0.0582 e. The minimum absolute atomic E-state index is 0.0845. The molecule has 0 fully saturated rings. The Balaban J connectivity index is 2.69. The fourth-order valence-electron chi connectivity index (χ4n) is 1.40. The van der Waals surface area contributed by atoms with E-state index in [4.69, 9.17) is 16.7 Å². The molecule has 0 heterocycles. The highest BCUT2D eigenvalue weighted by molar-refractivity contribution is 6.31. The Bertz CT molecular complexity index is 290. The summed E-state index contributed by atoms with van der Waals surface area (Å²) in [7, 11) is 0. The van der Waals surface area contributed by atoms with E-state index in [1.807, 2.05) is 38.1 Å². The summed E-state index contributed by atoms with van der Waals surface area (Å²) in [4.78, 5) is 0. The maximum atomic E-state index is 8.90. The van der Waals surface area contributed by atoms with E-state index < -0.39 is 0 Å². The van der Waals surface area contributed by atoms with Crippen LogP contribution in [0.15, 0.2) is 24.3 Å². The molecule has 0 spiro atoms. The van der Waals surface area contributed by atoms with Crippen molar-refractivity contribution in [1.29, 1.82) is 0 Å². The van der Waals surface area contributed by atoms with E-state index in [1.54, 1.807) is 0 Å². The van der Waals surface area contributed by atoms with Gasteiger partial charge in [-0.25, -0.2) is 0 Å². The lowest BCUT2D eigenvalue weighted by Crippen LogP contribution is -2.31. The van der Waals surface area contributed by atoms with Crippen LogP contribution in [0.25, 0.3) is 0 Å². The topological polar surface area (TPSA) is 32.3 Å². The lowest BCUT2D eigenvalue weighted by atomic mass is 10.1. The zero-order valence-electron chi connectivity index (χ0n) is 8.50. The van der Waals surface area contributed by atoms with Crippen molar-refractivity contribution >= 4 is 11.6 Å². The van der Waals surface area contributed by atoms with Crippen molar-refractivity contribution in [3.05, 3.63) is 34.9 Å². The number of aliphatic hydroxyl groups excluding tert-OH is 1. The first-order valence-electron chi connectivity index (χ1n) is 4.76. The molecule has 1 rings (SSSR count). The highest BCUT2D eigenvalue weighted by Gasteiger charge is 2.10. The van der Waals surface area contributed by atoms with Gasteiger partial charge in [0, 0.05) is 17.1 Å². The van der Waals surface area contributed by atoms with Crippen LogP contribution >= 0.6 is 11.6 Å². The maximum absolute atomic E-state index is 8.90. The first-order chi connectivity index (χ1) is 6.65. The van der Waals surface area contributed by atoms with E-state index in [2.05, 4.69) is 5.32 Å². The Labute approximate surface area is 89.9 Å². The molecule has 0 radical (unpaired) electrons. The van der Waals surface area contributed by atoms with Crippen LogP contribution in [0, 0.1) is 0 Å². The van der Waals surface area contributed by atoms with Crippen molar-refractivity contribution in [3.63, 3.8) is 0 Å². The number of hydrogen-bond acceptors (Lipinski definition) is 2. The maximum Gasteiger partial charge on any atom is 0.0582 e. The van der Waals surface area contributed by atoms with Gasteiger partial charge in [-0.1, -0.05) is 29.8 Å². The van der Waals surface area contributed by atoms with Gasteiger partial charge in [0.25, 0.3) is 0 Å². The number of hydrogen-bond donors (Lipinski definition) is 2. The van der Waals surface area contributed by atoms with Gasteiger partial charge in [0.05, 0.1) is 6.61 Å². The van der Waals surface area contributed by atoms with Crippen LogP contribution in [-0.2, 0) is 0 Å². The molecule has 0 aliphatic rings. The summed E-state index contributed by atoms with van der Waals surface area (Å²) in [6.07, 6.45) is 0. The molecule has 0 saturated carbocycles. The molecule has 78 valence electrons. The second-order valence-electron chi connectivity index (χ2n) is 3.49. The van der Waals surface area contributed by atoms with Crippen LogP contribution in [0.1, 0.15) is 25.5 Å². The molecule has 0 unspecified atom stereocenters. The van der Waals surface area contributed by atoms with E-state index in [1.165, 1.54) is 0 Å². The van der Waals surface area contributed by atoms with Gasteiger partial charge in [0.2, 0.25) is 0 Å². The van der Waals surface area contributed by atoms with Crippen molar-refractivity contribution in [2.75, 3.05) is 6.61 Å². The summed E-state index contributed by atoms with van der Waals surface area (Å²) in [5.41, 5.74) is 1.06. The molecule has 14 heavy (non-hydrogen) atoms. The van der Waals surface area contributed by atoms with Crippen LogP contribution in [0.3, 0.4) is 0 Å². The average molecular weight is 214 g/mol. The second kappa shape index (κ2) is 5.35. The van der Waals surface area contributed by atoms with Gasteiger partial charge in [-0.2, -0.15) is 0 Å². The lowest BCUT2D eigenvalue weighted by molar-refractivity contribution is 0.243. The predicted molar refractivity (Wildman–Crippen MR) is 59.6 cm³/mol. The van der Waals surface area contributed by atoms with Gasteiger partial charge in [0.15, 0.2) is 0 Å². The molecule has 0 aliphatic heterocycles. The Morgan fingerprint density at radius 2 is 2.00 bits per heavy atom. The van der Waals surface area contributed by atoms with Gasteiger partial charge < -0.3 is 10.4 Å². The third-order valence-corrected chi connectivity index (χ3v) is 2.52. The number of benzene rings is 1. The molecule has 0 aromatic heterocycles. The minimum Gasteiger partial charge on any atom is -0.395 e.